The van der Waals surface area contributed by atoms with Crippen molar-refractivity contribution in [2.45, 2.75) is 6.42 Å². The molecule has 34 heavy (non-hydrogen) atoms. The largest absolute Gasteiger partial charge is 0.367 e. The molecule has 0 aliphatic carbocycles. The molecule has 3 aromatic rings. The number of carbonyl (C=O) groups is 2. The Morgan fingerprint density at radius 1 is 1.03 bits per heavy atom. The number of amides is 2. The van der Waals surface area contributed by atoms with Crippen molar-refractivity contribution in [2.24, 2.45) is 0 Å². The second-order valence-electron chi connectivity index (χ2n) is 8.37. The fourth-order valence-electron chi connectivity index (χ4n) is 4.45. The number of hydrogen-bond donors (Lipinski definition) is 2. The highest BCUT2D eigenvalue weighted by molar-refractivity contribution is 6.02. The number of hydrogen-bond acceptors (Lipinski definition) is 6. The summed E-state index contributed by atoms with van der Waals surface area (Å²) in [5.74, 6) is 0.762. The number of fused-ring (bicyclic) bond motifs is 1. The zero-order valence-electron chi connectivity index (χ0n) is 18.6. The maximum atomic E-state index is 13.2. The zero-order valence-corrected chi connectivity index (χ0v) is 18.6. The maximum Gasteiger partial charge on any atom is 0.254 e. The maximum absolute atomic E-state index is 13.2. The van der Waals surface area contributed by atoms with Crippen LogP contribution >= 0.6 is 0 Å². The number of nitriles is 1. The number of pyridine rings is 1. The van der Waals surface area contributed by atoms with E-state index >= 15 is 0 Å². The third kappa shape index (κ3) is 4.28. The fourth-order valence-corrected chi connectivity index (χ4v) is 4.45. The van der Waals surface area contributed by atoms with Gasteiger partial charge >= 0.3 is 0 Å². The quantitative estimate of drug-likeness (QED) is 0.631. The second kappa shape index (κ2) is 9.24. The lowest BCUT2D eigenvalue weighted by atomic mass is 9.97. The van der Waals surface area contributed by atoms with Crippen LogP contribution in [-0.4, -0.2) is 54.5 Å². The third-order valence-electron chi connectivity index (χ3n) is 6.25. The second-order valence-corrected chi connectivity index (χ2v) is 8.37. The van der Waals surface area contributed by atoms with Crippen LogP contribution in [0.25, 0.3) is 0 Å². The average molecular weight is 453 g/mol. The van der Waals surface area contributed by atoms with Crippen molar-refractivity contribution >= 4 is 23.3 Å². The van der Waals surface area contributed by atoms with E-state index in [9.17, 15) is 9.59 Å². The van der Waals surface area contributed by atoms with Gasteiger partial charge in [-0.3, -0.25) is 9.59 Å². The normalized spacial score (nSPS) is 15.1. The van der Waals surface area contributed by atoms with Gasteiger partial charge in [-0.1, -0.05) is 24.3 Å². The van der Waals surface area contributed by atoms with Crippen molar-refractivity contribution < 1.29 is 9.59 Å². The van der Waals surface area contributed by atoms with Crippen LogP contribution in [0, 0.1) is 11.3 Å². The minimum atomic E-state index is -0.0742. The van der Waals surface area contributed by atoms with E-state index in [2.05, 4.69) is 26.6 Å². The van der Waals surface area contributed by atoms with Crippen LogP contribution in [-0.2, 0) is 6.42 Å². The molecule has 0 spiro atoms. The lowest BCUT2D eigenvalue weighted by Crippen LogP contribution is -2.49. The molecule has 0 atom stereocenters. The van der Waals surface area contributed by atoms with Gasteiger partial charge in [0.15, 0.2) is 0 Å². The van der Waals surface area contributed by atoms with Gasteiger partial charge in [0.25, 0.3) is 11.8 Å². The van der Waals surface area contributed by atoms with Crippen LogP contribution in [0.2, 0.25) is 0 Å². The zero-order chi connectivity index (χ0) is 23.5. The molecule has 170 valence electrons. The summed E-state index contributed by atoms with van der Waals surface area (Å²) >= 11 is 0. The van der Waals surface area contributed by atoms with Crippen molar-refractivity contribution in [3.8, 4) is 6.07 Å². The fraction of sp³-hybridized carbons (Fsp3) is 0.231. The van der Waals surface area contributed by atoms with Crippen LogP contribution in [0.5, 0.6) is 0 Å². The van der Waals surface area contributed by atoms with Crippen molar-refractivity contribution in [1.29, 1.82) is 5.26 Å². The number of nitrogens with one attached hydrogen (secondary N) is 2. The Morgan fingerprint density at radius 2 is 1.85 bits per heavy atom. The molecule has 2 aromatic carbocycles. The van der Waals surface area contributed by atoms with Crippen molar-refractivity contribution in [3.05, 3.63) is 88.6 Å². The van der Waals surface area contributed by atoms with Gasteiger partial charge in [0, 0.05) is 37.9 Å². The van der Waals surface area contributed by atoms with Gasteiger partial charge < -0.3 is 20.4 Å². The molecule has 1 fully saturated rings. The van der Waals surface area contributed by atoms with E-state index < -0.39 is 0 Å². The molecule has 0 bridgehead atoms. The molecular weight excluding hydrogens is 428 g/mol. The van der Waals surface area contributed by atoms with Gasteiger partial charge in [0.2, 0.25) is 0 Å². The summed E-state index contributed by atoms with van der Waals surface area (Å²) in [6.45, 7) is 3.00. The van der Waals surface area contributed by atoms with Gasteiger partial charge in [-0.2, -0.15) is 5.26 Å². The lowest BCUT2D eigenvalue weighted by molar-refractivity contribution is 0.0746. The summed E-state index contributed by atoms with van der Waals surface area (Å²) in [5.41, 5.74) is 4.75. The van der Waals surface area contributed by atoms with E-state index in [1.165, 1.54) is 0 Å². The first kappa shape index (κ1) is 21.5. The Kier molecular flexibility index (Phi) is 5.83. The standard InChI is InChI=1S/C26H24N6O2/c27-15-19-7-8-23(28-16-19)31-9-11-32(12-10-31)26(34)21-5-1-3-18(14-21)13-20-4-2-6-22-24(20)29-17-30-25(22)33/h1-8,14,16,29H,9-13,17H2,(H,30,33). The van der Waals surface area contributed by atoms with Gasteiger partial charge in [0.1, 0.15) is 11.9 Å². The highest BCUT2D eigenvalue weighted by atomic mass is 16.2. The molecule has 8 heteroatoms. The number of para-hydroxylation sites is 1. The Hall–Kier alpha value is -4.38. The Morgan fingerprint density at radius 3 is 2.62 bits per heavy atom. The topological polar surface area (TPSA) is 101 Å². The number of aromatic nitrogens is 1. The van der Waals surface area contributed by atoms with Gasteiger partial charge in [-0.25, -0.2) is 4.98 Å². The van der Waals surface area contributed by atoms with Crippen molar-refractivity contribution in [1.82, 2.24) is 15.2 Å². The van der Waals surface area contributed by atoms with E-state index in [0.717, 1.165) is 22.6 Å². The number of rotatable bonds is 4. The number of carbonyl (C=O) groups excluding carboxylic acids is 2. The molecule has 2 aliphatic rings. The predicted molar refractivity (Wildman–Crippen MR) is 129 cm³/mol. The van der Waals surface area contributed by atoms with Gasteiger partial charge in [-0.15, -0.1) is 0 Å². The molecule has 0 saturated carbocycles. The van der Waals surface area contributed by atoms with Gasteiger partial charge in [0.05, 0.1) is 23.5 Å². The molecule has 1 saturated heterocycles. The van der Waals surface area contributed by atoms with E-state index in [1.807, 2.05) is 53.4 Å². The minimum absolute atomic E-state index is 0.0156. The number of benzene rings is 2. The van der Waals surface area contributed by atoms with E-state index in [-0.39, 0.29) is 11.8 Å². The molecular formula is C26H24N6O2. The molecule has 0 unspecified atom stereocenters. The van der Waals surface area contributed by atoms with Crippen LogP contribution in [0.3, 0.4) is 0 Å². The first-order valence-electron chi connectivity index (χ1n) is 11.3. The molecule has 1 aromatic heterocycles. The molecule has 2 aliphatic heterocycles. The summed E-state index contributed by atoms with van der Waals surface area (Å²) in [4.78, 5) is 33.7. The van der Waals surface area contributed by atoms with Crippen LogP contribution in [0.15, 0.2) is 60.8 Å². The van der Waals surface area contributed by atoms with Crippen LogP contribution in [0.1, 0.15) is 37.4 Å². The first-order chi connectivity index (χ1) is 16.6. The van der Waals surface area contributed by atoms with Crippen molar-refractivity contribution in [3.63, 3.8) is 0 Å². The van der Waals surface area contributed by atoms with Crippen molar-refractivity contribution in [2.75, 3.05) is 43.1 Å². The molecule has 5 rings (SSSR count). The minimum Gasteiger partial charge on any atom is -0.367 e. The highest BCUT2D eigenvalue weighted by Crippen LogP contribution is 2.26. The number of nitrogens with zero attached hydrogens (tertiary/aromatic N) is 4. The molecule has 3 heterocycles. The average Bonchev–Trinajstić information content (AvgIpc) is 2.89. The first-order valence-corrected chi connectivity index (χ1v) is 11.3. The predicted octanol–water partition coefficient (Wildman–Crippen LogP) is 2.62. The van der Waals surface area contributed by atoms with Crippen LogP contribution in [0.4, 0.5) is 11.5 Å². The summed E-state index contributed by atoms with van der Waals surface area (Å²) < 4.78 is 0. The monoisotopic (exact) mass is 452 g/mol. The molecule has 8 nitrogen and oxygen atoms in total. The van der Waals surface area contributed by atoms with Gasteiger partial charge in [-0.05, 0) is 47.9 Å². The number of piperazine rings is 1. The highest BCUT2D eigenvalue weighted by Gasteiger charge is 2.23. The number of anilines is 2. The Balaban J connectivity index is 1.26. The summed E-state index contributed by atoms with van der Waals surface area (Å²) in [7, 11) is 0. The Labute approximate surface area is 197 Å². The molecule has 2 amide bonds. The summed E-state index contributed by atoms with van der Waals surface area (Å²) in [6, 6.07) is 19.1. The van der Waals surface area contributed by atoms with E-state index in [0.29, 0.717) is 56.0 Å². The summed E-state index contributed by atoms with van der Waals surface area (Å²) in [6.07, 6.45) is 2.20. The van der Waals surface area contributed by atoms with E-state index in [4.69, 9.17) is 5.26 Å². The third-order valence-corrected chi connectivity index (χ3v) is 6.25. The molecule has 0 radical (unpaired) electrons. The SMILES string of the molecule is N#Cc1ccc(N2CCN(C(=O)c3cccc(Cc4cccc5c4NCNC5=O)c3)CC2)nc1. The summed E-state index contributed by atoms with van der Waals surface area (Å²) in [5, 5.41) is 15.0. The smallest absolute Gasteiger partial charge is 0.254 e. The Bertz CT molecular complexity index is 1270. The van der Waals surface area contributed by atoms with E-state index in [1.54, 1.807) is 12.3 Å². The molecule has 2 N–H and O–H groups in total. The lowest BCUT2D eigenvalue weighted by Gasteiger charge is -2.35. The van der Waals surface area contributed by atoms with Crippen LogP contribution < -0.4 is 15.5 Å².